The molecule has 10 heteroatoms. The highest BCUT2D eigenvalue weighted by Gasteiger charge is 2.75. The van der Waals surface area contributed by atoms with Gasteiger partial charge in [0.2, 0.25) is 11.8 Å². The van der Waals surface area contributed by atoms with E-state index < -0.39 is 41.1 Å². The number of amides is 2. The first-order chi connectivity index (χ1) is 17.4. The van der Waals surface area contributed by atoms with Crippen LogP contribution in [0.4, 0.5) is 0 Å². The summed E-state index contributed by atoms with van der Waals surface area (Å²) in [6.45, 7) is 8.23. The molecule has 36 heavy (non-hydrogen) atoms. The third-order valence-corrected chi connectivity index (χ3v) is 8.58. The number of ether oxygens (including phenoxy) is 3. The summed E-state index contributed by atoms with van der Waals surface area (Å²) in [5, 5.41) is 10.2. The van der Waals surface area contributed by atoms with Crippen molar-refractivity contribution < 1.29 is 33.7 Å². The number of aliphatic hydroxyl groups excluding tert-OH is 1. The zero-order valence-electron chi connectivity index (χ0n) is 21.1. The maximum atomic E-state index is 14.2. The lowest BCUT2D eigenvalue weighted by Gasteiger charge is -2.40. The molecule has 0 radical (unpaired) electrons. The fourth-order valence-corrected chi connectivity index (χ4v) is 6.68. The van der Waals surface area contributed by atoms with E-state index in [1.54, 1.807) is 11.0 Å². The van der Waals surface area contributed by atoms with Crippen molar-refractivity contribution in [2.45, 2.75) is 50.0 Å². The molecule has 2 amide bonds. The lowest BCUT2D eigenvalue weighted by atomic mass is 9.73. The van der Waals surface area contributed by atoms with Crippen molar-refractivity contribution in [2.24, 2.45) is 11.8 Å². The molecule has 3 saturated heterocycles. The first-order valence-electron chi connectivity index (χ1n) is 13.2. The van der Waals surface area contributed by atoms with E-state index in [2.05, 4.69) is 4.90 Å². The fourth-order valence-electron chi connectivity index (χ4n) is 6.68. The number of hydrogen-bond acceptors (Lipinski definition) is 8. The molecule has 0 bridgehead atoms. The van der Waals surface area contributed by atoms with Crippen LogP contribution in [0.1, 0.15) is 26.7 Å². The topological polar surface area (TPSA) is 109 Å². The largest absolute Gasteiger partial charge is 0.461 e. The highest BCUT2D eigenvalue weighted by molar-refractivity contribution is 5.99. The molecule has 3 fully saturated rings. The van der Waals surface area contributed by atoms with Gasteiger partial charge >= 0.3 is 5.97 Å². The standard InChI is InChI=1S/C26H37N3O7/c1-3-18(17-30)29-21-23(32)28(11-10-27-12-15-34-16-13-27)9-5-8-26(21)19(22(29)31)20-24(33)35-14-6-7-25(20,4-2)36-26/h5-8,18-21,30H,3-4,9-17H2,1-2H3/t18-,19-,20-,21?,25+,26-/m0/s1. The number of morpholine rings is 1. The van der Waals surface area contributed by atoms with Gasteiger partial charge < -0.3 is 29.1 Å². The average Bonchev–Trinajstić information content (AvgIpc) is 3.17. The van der Waals surface area contributed by atoms with Gasteiger partial charge in [-0.1, -0.05) is 32.1 Å². The second-order valence-electron chi connectivity index (χ2n) is 10.3. The summed E-state index contributed by atoms with van der Waals surface area (Å²) in [7, 11) is 0. The number of cyclic esters (lactones) is 1. The van der Waals surface area contributed by atoms with Gasteiger partial charge in [-0.2, -0.15) is 0 Å². The van der Waals surface area contributed by atoms with Gasteiger partial charge in [0.15, 0.2) is 0 Å². The van der Waals surface area contributed by atoms with Gasteiger partial charge in [0.1, 0.15) is 29.8 Å². The summed E-state index contributed by atoms with van der Waals surface area (Å²) < 4.78 is 17.7. The van der Waals surface area contributed by atoms with E-state index in [0.717, 1.165) is 13.1 Å². The smallest absolute Gasteiger partial charge is 0.313 e. The quantitative estimate of drug-likeness (QED) is 0.381. The number of fused-ring (bicyclic) bond motifs is 2. The number of hydrogen-bond donors (Lipinski definition) is 1. The normalized spacial score (nSPS) is 37.3. The molecule has 1 N–H and O–H groups in total. The molecule has 10 nitrogen and oxygen atoms in total. The van der Waals surface area contributed by atoms with Gasteiger partial charge in [-0.15, -0.1) is 0 Å². The van der Waals surface area contributed by atoms with E-state index in [1.165, 1.54) is 4.90 Å². The zero-order valence-corrected chi connectivity index (χ0v) is 21.1. The molecule has 5 rings (SSSR count). The number of likely N-dealkylation sites (tertiary alicyclic amines) is 1. The van der Waals surface area contributed by atoms with Crippen molar-refractivity contribution in [1.82, 2.24) is 14.7 Å². The van der Waals surface area contributed by atoms with E-state index in [-0.39, 0.29) is 25.0 Å². The molecule has 1 spiro atoms. The Balaban J connectivity index is 1.54. The van der Waals surface area contributed by atoms with Crippen LogP contribution in [0.5, 0.6) is 0 Å². The summed E-state index contributed by atoms with van der Waals surface area (Å²) in [6.07, 6.45) is 8.26. The molecule has 5 aliphatic rings. The van der Waals surface area contributed by atoms with E-state index in [0.29, 0.717) is 45.7 Å². The molecule has 5 aliphatic heterocycles. The van der Waals surface area contributed by atoms with E-state index in [9.17, 15) is 19.5 Å². The Hall–Kier alpha value is -2.27. The Bertz CT molecular complexity index is 944. The monoisotopic (exact) mass is 503 g/mol. The molecule has 198 valence electrons. The summed E-state index contributed by atoms with van der Waals surface area (Å²) in [5.74, 6) is -2.80. The predicted octanol–water partition coefficient (Wildman–Crippen LogP) is -0.0381. The van der Waals surface area contributed by atoms with Gasteiger partial charge in [0, 0.05) is 32.7 Å². The van der Waals surface area contributed by atoms with Crippen LogP contribution in [0.2, 0.25) is 0 Å². The average molecular weight is 504 g/mol. The third kappa shape index (κ3) is 3.81. The number of carbonyl (C=O) groups is 3. The van der Waals surface area contributed by atoms with Gasteiger partial charge in [-0.25, -0.2) is 0 Å². The van der Waals surface area contributed by atoms with Crippen LogP contribution in [0.25, 0.3) is 0 Å². The van der Waals surface area contributed by atoms with Crippen molar-refractivity contribution in [3.63, 3.8) is 0 Å². The minimum Gasteiger partial charge on any atom is -0.461 e. The molecule has 0 aliphatic carbocycles. The Labute approximate surface area is 211 Å². The first kappa shape index (κ1) is 25.4. The fraction of sp³-hybridized carbons (Fsp3) is 0.731. The summed E-state index contributed by atoms with van der Waals surface area (Å²) in [6, 6.07) is -1.52. The van der Waals surface area contributed by atoms with E-state index >= 15 is 0 Å². The van der Waals surface area contributed by atoms with Gasteiger partial charge in [-0.05, 0) is 18.9 Å². The molecule has 1 unspecified atom stereocenters. The molecule has 0 aromatic heterocycles. The van der Waals surface area contributed by atoms with Crippen molar-refractivity contribution >= 4 is 17.8 Å². The second kappa shape index (κ2) is 9.89. The number of esters is 1. The zero-order chi connectivity index (χ0) is 25.5. The van der Waals surface area contributed by atoms with E-state index in [4.69, 9.17) is 14.2 Å². The molecule has 0 aromatic rings. The Morgan fingerprint density at radius 2 is 1.83 bits per heavy atom. The highest BCUT2D eigenvalue weighted by atomic mass is 16.6. The minimum absolute atomic E-state index is 0.125. The number of aliphatic hydroxyl groups is 1. The van der Waals surface area contributed by atoms with Crippen LogP contribution < -0.4 is 0 Å². The Morgan fingerprint density at radius 1 is 1.06 bits per heavy atom. The molecule has 6 atom stereocenters. The molecule has 0 saturated carbocycles. The predicted molar refractivity (Wildman–Crippen MR) is 129 cm³/mol. The molecule has 5 heterocycles. The van der Waals surface area contributed by atoms with Gasteiger partial charge in [0.25, 0.3) is 0 Å². The number of nitrogens with zero attached hydrogens (tertiary/aromatic N) is 3. The lowest BCUT2D eigenvalue weighted by molar-refractivity contribution is -0.161. The van der Waals surface area contributed by atoms with Gasteiger partial charge in [-0.3, -0.25) is 19.3 Å². The Morgan fingerprint density at radius 3 is 2.53 bits per heavy atom. The third-order valence-electron chi connectivity index (χ3n) is 8.58. The summed E-state index contributed by atoms with van der Waals surface area (Å²) >= 11 is 0. The summed E-state index contributed by atoms with van der Waals surface area (Å²) in [5.41, 5.74) is -2.35. The van der Waals surface area contributed by atoms with Crippen molar-refractivity contribution in [2.75, 3.05) is 59.2 Å². The first-order valence-corrected chi connectivity index (χ1v) is 13.2. The lowest BCUT2D eigenvalue weighted by Crippen LogP contribution is -2.59. The minimum atomic E-state index is -1.31. The van der Waals surface area contributed by atoms with E-state index in [1.807, 2.05) is 32.1 Å². The van der Waals surface area contributed by atoms with Crippen LogP contribution in [0.15, 0.2) is 24.3 Å². The van der Waals surface area contributed by atoms with Crippen LogP contribution in [0.3, 0.4) is 0 Å². The van der Waals surface area contributed by atoms with Crippen LogP contribution in [-0.4, -0.2) is 120 Å². The maximum Gasteiger partial charge on any atom is 0.313 e. The SMILES string of the molecule is CC[C@@H](CO)N1C(=O)[C@@H]2[C@H]3C(=O)OCC=C[C@@]3(CC)O[C@@]23C=CCN(CCN2CCOCC2)C(=O)C13. The number of carbonyl (C=O) groups excluding carboxylic acids is 3. The maximum absolute atomic E-state index is 14.2. The molecule has 0 aromatic carbocycles. The van der Waals surface area contributed by atoms with Crippen LogP contribution in [-0.2, 0) is 28.6 Å². The molecular formula is C26H37N3O7. The van der Waals surface area contributed by atoms with Gasteiger partial charge in [0.05, 0.1) is 31.8 Å². The van der Waals surface area contributed by atoms with Crippen LogP contribution >= 0.6 is 0 Å². The van der Waals surface area contributed by atoms with Crippen molar-refractivity contribution in [1.29, 1.82) is 0 Å². The van der Waals surface area contributed by atoms with Crippen molar-refractivity contribution in [3.8, 4) is 0 Å². The highest BCUT2D eigenvalue weighted by Crippen LogP contribution is 2.58. The number of rotatable bonds is 7. The molecular weight excluding hydrogens is 466 g/mol. The Kier molecular flexibility index (Phi) is 6.97. The van der Waals surface area contributed by atoms with Crippen LogP contribution in [0, 0.1) is 11.8 Å². The van der Waals surface area contributed by atoms with Crippen molar-refractivity contribution in [3.05, 3.63) is 24.3 Å². The summed E-state index contributed by atoms with van der Waals surface area (Å²) in [4.78, 5) is 47.1. The second-order valence-corrected chi connectivity index (χ2v) is 10.3.